The second kappa shape index (κ2) is 8.66. The predicted octanol–water partition coefficient (Wildman–Crippen LogP) is 2.30. The Hall–Kier alpha value is -2.52. The molecule has 0 saturated heterocycles. The molecule has 0 fully saturated rings. The SMILES string of the molecule is CCN(CC(=O)NCc1cccs1)C(=O)Cn1cnc2sc(C)c(C)c2c1=O. The van der Waals surface area contributed by atoms with Crippen LogP contribution in [0, 0.1) is 13.8 Å². The van der Waals surface area contributed by atoms with E-state index in [4.69, 9.17) is 0 Å². The van der Waals surface area contributed by atoms with Crippen LogP contribution in [0.4, 0.5) is 0 Å². The molecule has 7 nitrogen and oxygen atoms in total. The number of hydrogen-bond acceptors (Lipinski definition) is 6. The number of nitrogens with zero attached hydrogens (tertiary/aromatic N) is 3. The van der Waals surface area contributed by atoms with Crippen LogP contribution in [0.2, 0.25) is 0 Å². The number of fused-ring (bicyclic) bond motifs is 1. The van der Waals surface area contributed by atoms with Gasteiger partial charge in [-0.15, -0.1) is 22.7 Å². The average Bonchev–Trinajstić information content (AvgIpc) is 3.29. The molecule has 0 bridgehead atoms. The van der Waals surface area contributed by atoms with Gasteiger partial charge in [0.05, 0.1) is 24.8 Å². The van der Waals surface area contributed by atoms with Crippen molar-refractivity contribution in [1.82, 2.24) is 19.8 Å². The van der Waals surface area contributed by atoms with Gasteiger partial charge in [0, 0.05) is 16.3 Å². The minimum atomic E-state index is -0.290. The second-order valence-electron chi connectivity index (χ2n) is 6.41. The maximum Gasteiger partial charge on any atom is 0.262 e. The zero-order valence-electron chi connectivity index (χ0n) is 16.0. The molecule has 0 unspecified atom stereocenters. The Bertz CT molecular complexity index is 1050. The average molecular weight is 419 g/mol. The fraction of sp³-hybridized carbons (Fsp3) is 0.368. The summed E-state index contributed by atoms with van der Waals surface area (Å²) in [6.07, 6.45) is 1.41. The molecule has 1 N–H and O–H groups in total. The van der Waals surface area contributed by atoms with Crippen molar-refractivity contribution in [3.63, 3.8) is 0 Å². The summed E-state index contributed by atoms with van der Waals surface area (Å²) in [6.45, 7) is 6.29. The van der Waals surface area contributed by atoms with Crippen molar-refractivity contribution >= 4 is 44.7 Å². The van der Waals surface area contributed by atoms with Crippen molar-refractivity contribution in [2.24, 2.45) is 0 Å². The Morgan fingerprint density at radius 1 is 1.32 bits per heavy atom. The lowest BCUT2D eigenvalue weighted by molar-refractivity contribution is -0.136. The van der Waals surface area contributed by atoms with Gasteiger partial charge in [0.1, 0.15) is 11.4 Å². The summed E-state index contributed by atoms with van der Waals surface area (Å²) in [6, 6.07) is 3.87. The van der Waals surface area contributed by atoms with Crippen LogP contribution in [0.15, 0.2) is 28.6 Å². The highest BCUT2D eigenvalue weighted by Gasteiger charge is 2.18. The third kappa shape index (κ3) is 4.31. The molecule has 0 aliphatic rings. The van der Waals surface area contributed by atoms with Gasteiger partial charge in [-0.25, -0.2) is 4.98 Å². The summed E-state index contributed by atoms with van der Waals surface area (Å²) >= 11 is 3.04. The Labute approximate surface area is 170 Å². The summed E-state index contributed by atoms with van der Waals surface area (Å²) in [5.41, 5.74) is 0.679. The van der Waals surface area contributed by atoms with Crippen LogP contribution in [-0.4, -0.2) is 39.4 Å². The van der Waals surface area contributed by atoms with Gasteiger partial charge in [0.2, 0.25) is 11.8 Å². The van der Waals surface area contributed by atoms with Crippen LogP contribution < -0.4 is 10.9 Å². The zero-order chi connectivity index (χ0) is 20.3. The van der Waals surface area contributed by atoms with Crippen molar-refractivity contribution in [3.05, 3.63) is 49.5 Å². The predicted molar refractivity (Wildman–Crippen MR) is 112 cm³/mol. The van der Waals surface area contributed by atoms with Crippen LogP contribution in [0.1, 0.15) is 22.2 Å². The van der Waals surface area contributed by atoms with Crippen molar-refractivity contribution < 1.29 is 9.59 Å². The molecule has 0 aliphatic carbocycles. The monoisotopic (exact) mass is 418 g/mol. The fourth-order valence-corrected chi connectivity index (χ4v) is 4.46. The number of nitrogens with one attached hydrogen (secondary N) is 1. The van der Waals surface area contributed by atoms with E-state index in [1.165, 1.54) is 27.1 Å². The van der Waals surface area contributed by atoms with Gasteiger partial charge in [-0.05, 0) is 37.8 Å². The van der Waals surface area contributed by atoms with Crippen molar-refractivity contribution in [2.45, 2.75) is 33.9 Å². The first-order valence-corrected chi connectivity index (χ1v) is 10.6. The molecule has 3 aromatic rings. The summed E-state index contributed by atoms with van der Waals surface area (Å²) in [5, 5.41) is 5.32. The van der Waals surface area contributed by atoms with E-state index in [0.717, 1.165) is 15.3 Å². The quantitative estimate of drug-likeness (QED) is 0.638. The van der Waals surface area contributed by atoms with Crippen LogP contribution in [-0.2, 0) is 22.7 Å². The molecule has 0 saturated carbocycles. The van der Waals surface area contributed by atoms with Crippen LogP contribution in [0.25, 0.3) is 10.2 Å². The molecule has 148 valence electrons. The number of likely N-dealkylation sites (N-methyl/N-ethyl adjacent to an activating group) is 1. The first-order chi connectivity index (χ1) is 13.4. The van der Waals surface area contributed by atoms with Crippen LogP contribution >= 0.6 is 22.7 Å². The molecular formula is C19H22N4O3S2. The van der Waals surface area contributed by atoms with E-state index < -0.39 is 0 Å². The number of carbonyl (C=O) groups is 2. The van der Waals surface area contributed by atoms with Gasteiger partial charge < -0.3 is 10.2 Å². The molecule has 0 atom stereocenters. The molecule has 2 amide bonds. The van der Waals surface area contributed by atoms with Gasteiger partial charge in [-0.2, -0.15) is 0 Å². The van der Waals surface area contributed by atoms with Gasteiger partial charge >= 0.3 is 0 Å². The number of thiophene rings is 2. The summed E-state index contributed by atoms with van der Waals surface area (Å²) in [4.78, 5) is 46.1. The van der Waals surface area contributed by atoms with Gasteiger partial charge in [0.15, 0.2) is 0 Å². The van der Waals surface area contributed by atoms with E-state index in [-0.39, 0.29) is 30.5 Å². The highest BCUT2D eigenvalue weighted by Crippen LogP contribution is 2.25. The first kappa shape index (κ1) is 20.2. The van der Waals surface area contributed by atoms with E-state index in [0.29, 0.717) is 23.3 Å². The van der Waals surface area contributed by atoms with Crippen LogP contribution in [0.3, 0.4) is 0 Å². The van der Waals surface area contributed by atoms with Crippen LogP contribution in [0.5, 0.6) is 0 Å². The zero-order valence-corrected chi connectivity index (χ0v) is 17.7. The third-order valence-electron chi connectivity index (χ3n) is 4.57. The highest BCUT2D eigenvalue weighted by molar-refractivity contribution is 7.18. The maximum atomic E-state index is 12.7. The lowest BCUT2D eigenvalue weighted by atomic mass is 10.2. The molecule has 0 aromatic carbocycles. The van der Waals surface area contributed by atoms with E-state index >= 15 is 0 Å². The standard InChI is InChI=1S/C19H22N4O3S2/c1-4-22(9-15(24)20-8-14-6-5-7-27-14)16(25)10-23-11-21-18-17(19(23)26)12(2)13(3)28-18/h5-7,11H,4,8-10H2,1-3H3,(H,20,24). The molecule has 3 rings (SSSR count). The van der Waals surface area contributed by atoms with Gasteiger partial charge in [0.25, 0.3) is 5.56 Å². The Balaban J connectivity index is 1.67. The molecule has 0 spiro atoms. The molecule has 28 heavy (non-hydrogen) atoms. The highest BCUT2D eigenvalue weighted by atomic mass is 32.1. The number of hydrogen-bond donors (Lipinski definition) is 1. The molecule has 9 heteroatoms. The lowest BCUT2D eigenvalue weighted by Gasteiger charge is -2.20. The normalized spacial score (nSPS) is 11.0. The van der Waals surface area contributed by atoms with E-state index in [9.17, 15) is 14.4 Å². The minimum absolute atomic E-state index is 0.0400. The number of aryl methyl sites for hydroxylation is 2. The smallest absolute Gasteiger partial charge is 0.262 e. The molecule has 0 radical (unpaired) electrons. The van der Waals surface area contributed by atoms with Gasteiger partial charge in [-0.1, -0.05) is 6.07 Å². The summed E-state index contributed by atoms with van der Waals surface area (Å²) in [7, 11) is 0. The topological polar surface area (TPSA) is 84.3 Å². The lowest BCUT2D eigenvalue weighted by Crippen LogP contribution is -2.42. The second-order valence-corrected chi connectivity index (χ2v) is 8.64. The minimum Gasteiger partial charge on any atom is -0.350 e. The number of aromatic nitrogens is 2. The fourth-order valence-electron chi connectivity index (χ4n) is 2.83. The summed E-state index contributed by atoms with van der Waals surface area (Å²) in [5.74, 6) is -0.518. The van der Waals surface area contributed by atoms with Gasteiger partial charge in [-0.3, -0.25) is 19.0 Å². The number of carbonyl (C=O) groups excluding carboxylic acids is 2. The first-order valence-electron chi connectivity index (χ1n) is 8.92. The Morgan fingerprint density at radius 2 is 2.11 bits per heavy atom. The molecular weight excluding hydrogens is 396 g/mol. The van der Waals surface area contributed by atoms with E-state index in [1.807, 2.05) is 31.4 Å². The van der Waals surface area contributed by atoms with Crippen molar-refractivity contribution in [2.75, 3.05) is 13.1 Å². The number of rotatable bonds is 7. The Kier molecular flexibility index (Phi) is 6.25. The third-order valence-corrected chi connectivity index (χ3v) is 6.56. The largest absolute Gasteiger partial charge is 0.350 e. The molecule has 3 aromatic heterocycles. The summed E-state index contributed by atoms with van der Waals surface area (Å²) < 4.78 is 1.32. The van der Waals surface area contributed by atoms with E-state index in [2.05, 4.69) is 10.3 Å². The molecule has 3 heterocycles. The van der Waals surface area contributed by atoms with Crippen molar-refractivity contribution in [1.29, 1.82) is 0 Å². The molecule has 0 aliphatic heterocycles. The maximum absolute atomic E-state index is 12.7. The number of amides is 2. The van der Waals surface area contributed by atoms with E-state index in [1.54, 1.807) is 18.3 Å². The Morgan fingerprint density at radius 3 is 2.79 bits per heavy atom. The van der Waals surface area contributed by atoms with Crippen molar-refractivity contribution in [3.8, 4) is 0 Å².